The number of hydrogen-bond acceptors (Lipinski definition) is 5. The maximum absolute atomic E-state index is 10.6. The summed E-state index contributed by atoms with van der Waals surface area (Å²) in [5.41, 5.74) is 1.00. The first-order chi connectivity index (χ1) is 9.60. The summed E-state index contributed by atoms with van der Waals surface area (Å²) in [6, 6.07) is 9.03. The Balaban J connectivity index is 2.04. The molecular formula is C13H12BrN3O3. The van der Waals surface area contributed by atoms with E-state index in [4.69, 9.17) is 4.74 Å². The standard InChI is InChI=1S/C13H12BrN3O3/c1-20-11-4-2-9(3-5-11)7-15-13-12(14)6-10(8-16-13)17(18)19/h2-6,8H,7H2,1H3,(H,15,16). The summed E-state index contributed by atoms with van der Waals surface area (Å²) in [6.45, 7) is 0.563. The summed E-state index contributed by atoms with van der Waals surface area (Å²) in [5, 5.41) is 13.7. The lowest BCUT2D eigenvalue weighted by molar-refractivity contribution is -0.385. The van der Waals surface area contributed by atoms with E-state index in [1.165, 1.54) is 12.3 Å². The van der Waals surface area contributed by atoms with Crippen LogP contribution in [0.2, 0.25) is 0 Å². The molecule has 104 valence electrons. The van der Waals surface area contributed by atoms with Crippen molar-refractivity contribution in [2.75, 3.05) is 12.4 Å². The van der Waals surface area contributed by atoms with Crippen LogP contribution in [-0.2, 0) is 6.54 Å². The molecule has 0 bridgehead atoms. The third-order valence-corrected chi connectivity index (χ3v) is 3.26. The van der Waals surface area contributed by atoms with Crippen molar-refractivity contribution in [1.29, 1.82) is 0 Å². The molecule has 0 saturated carbocycles. The van der Waals surface area contributed by atoms with Gasteiger partial charge in [0.2, 0.25) is 0 Å². The number of hydrogen-bond donors (Lipinski definition) is 1. The minimum Gasteiger partial charge on any atom is -0.497 e. The zero-order valence-corrected chi connectivity index (χ0v) is 12.3. The van der Waals surface area contributed by atoms with Crippen LogP contribution in [0.25, 0.3) is 0 Å². The van der Waals surface area contributed by atoms with Gasteiger partial charge in [0.1, 0.15) is 17.8 Å². The molecule has 7 heteroatoms. The monoisotopic (exact) mass is 337 g/mol. The Morgan fingerprint density at radius 2 is 2.10 bits per heavy atom. The summed E-state index contributed by atoms with van der Waals surface area (Å²) >= 11 is 3.26. The van der Waals surface area contributed by atoms with E-state index in [0.29, 0.717) is 16.8 Å². The van der Waals surface area contributed by atoms with Crippen LogP contribution in [0.3, 0.4) is 0 Å². The molecule has 6 nitrogen and oxygen atoms in total. The molecule has 0 fully saturated rings. The number of nitro groups is 1. The van der Waals surface area contributed by atoms with Gasteiger partial charge in [-0.3, -0.25) is 10.1 Å². The quantitative estimate of drug-likeness (QED) is 0.668. The lowest BCUT2D eigenvalue weighted by atomic mass is 10.2. The van der Waals surface area contributed by atoms with Crippen molar-refractivity contribution in [1.82, 2.24) is 4.98 Å². The van der Waals surface area contributed by atoms with Gasteiger partial charge in [-0.25, -0.2) is 4.98 Å². The maximum atomic E-state index is 10.6. The molecule has 0 aliphatic carbocycles. The molecule has 0 spiro atoms. The third-order valence-electron chi connectivity index (χ3n) is 2.66. The predicted molar refractivity (Wildman–Crippen MR) is 78.9 cm³/mol. The van der Waals surface area contributed by atoms with Gasteiger partial charge in [0, 0.05) is 12.6 Å². The second-order valence-corrected chi connectivity index (χ2v) is 4.84. The van der Waals surface area contributed by atoms with Crippen molar-refractivity contribution in [3.05, 3.63) is 56.7 Å². The average Bonchev–Trinajstić information content (AvgIpc) is 2.46. The highest BCUT2D eigenvalue weighted by molar-refractivity contribution is 9.10. The van der Waals surface area contributed by atoms with Crippen LogP contribution < -0.4 is 10.1 Å². The molecule has 1 aromatic carbocycles. The number of pyridine rings is 1. The van der Waals surface area contributed by atoms with Gasteiger partial charge in [-0.15, -0.1) is 0 Å². The van der Waals surface area contributed by atoms with Gasteiger partial charge < -0.3 is 10.1 Å². The second-order valence-electron chi connectivity index (χ2n) is 3.98. The molecule has 0 saturated heterocycles. The number of nitrogens with one attached hydrogen (secondary N) is 1. The van der Waals surface area contributed by atoms with Crippen LogP contribution in [0.1, 0.15) is 5.56 Å². The number of rotatable bonds is 5. The van der Waals surface area contributed by atoms with Crippen molar-refractivity contribution in [2.24, 2.45) is 0 Å². The molecule has 1 N–H and O–H groups in total. The zero-order valence-electron chi connectivity index (χ0n) is 10.7. The first-order valence-electron chi connectivity index (χ1n) is 5.77. The van der Waals surface area contributed by atoms with Crippen molar-refractivity contribution in [3.8, 4) is 5.75 Å². The van der Waals surface area contributed by atoms with Gasteiger partial charge in [-0.1, -0.05) is 12.1 Å². The molecular weight excluding hydrogens is 326 g/mol. The van der Waals surface area contributed by atoms with E-state index in [0.717, 1.165) is 11.3 Å². The van der Waals surface area contributed by atoms with Crippen molar-refractivity contribution >= 4 is 27.4 Å². The van der Waals surface area contributed by atoms with Crippen molar-refractivity contribution in [3.63, 3.8) is 0 Å². The SMILES string of the molecule is COc1ccc(CNc2ncc([N+](=O)[O-])cc2Br)cc1. The van der Waals surface area contributed by atoms with E-state index in [9.17, 15) is 10.1 Å². The minimum absolute atomic E-state index is 0.0492. The van der Waals surface area contributed by atoms with Crippen LogP contribution in [0, 0.1) is 10.1 Å². The van der Waals surface area contributed by atoms with Gasteiger partial charge in [-0.2, -0.15) is 0 Å². The maximum Gasteiger partial charge on any atom is 0.288 e. The zero-order chi connectivity index (χ0) is 14.5. The summed E-state index contributed by atoms with van der Waals surface area (Å²) in [5.74, 6) is 1.36. The van der Waals surface area contributed by atoms with E-state index in [-0.39, 0.29) is 5.69 Å². The lowest BCUT2D eigenvalue weighted by Gasteiger charge is -2.08. The second kappa shape index (κ2) is 6.33. The van der Waals surface area contributed by atoms with Crippen molar-refractivity contribution in [2.45, 2.75) is 6.54 Å². The van der Waals surface area contributed by atoms with E-state index in [1.807, 2.05) is 24.3 Å². The molecule has 2 aromatic rings. The van der Waals surface area contributed by atoms with Gasteiger partial charge in [-0.05, 0) is 33.6 Å². The number of anilines is 1. The minimum atomic E-state index is -0.481. The van der Waals surface area contributed by atoms with E-state index < -0.39 is 4.92 Å². The lowest BCUT2D eigenvalue weighted by Crippen LogP contribution is -2.02. The Hall–Kier alpha value is -2.15. The molecule has 0 aliphatic rings. The third kappa shape index (κ3) is 3.45. The number of benzene rings is 1. The highest BCUT2D eigenvalue weighted by atomic mass is 79.9. The highest BCUT2D eigenvalue weighted by Gasteiger charge is 2.10. The molecule has 0 amide bonds. The van der Waals surface area contributed by atoms with Crippen LogP contribution in [0.5, 0.6) is 5.75 Å². The van der Waals surface area contributed by atoms with Crippen LogP contribution >= 0.6 is 15.9 Å². The molecule has 0 radical (unpaired) electrons. The first kappa shape index (κ1) is 14.3. The molecule has 0 atom stereocenters. The van der Waals surface area contributed by atoms with E-state index >= 15 is 0 Å². The Labute approximate surface area is 124 Å². The van der Waals surface area contributed by atoms with Gasteiger partial charge in [0.15, 0.2) is 0 Å². The summed E-state index contributed by atoms with van der Waals surface area (Å²) in [6.07, 6.45) is 1.22. The Bertz CT molecular complexity index is 617. The van der Waals surface area contributed by atoms with Gasteiger partial charge >= 0.3 is 0 Å². The average molecular weight is 338 g/mol. The van der Waals surface area contributed by atoms with Gasteiger partial charge in [0.05, 0.1) is 16.5 Å². The van der Waals surface area contributed by atoms with Crippen molar-refractivity contribution < 1.29 is 9.66 Å². The predicted octanol–water partition coefficient (Wildman–Crippen LogP) is 3.37. The molecule has 20 heavy (non-hydrogen) atoms. The molecule has 0 aliphatic heterocycles. The molecule has 0 unspecified atom stereocenters. The smallest absolute Gasteiger partial charge is 0.288 e. The molecule has 1 heterocycles. The number of nitrogens with zero attached hydrogens (tertiary/aromatic N) is 2. The fourth-order valence-corrected chi connectivity index (χ4v) is 2.06. The van der Waals surface area contributed by atoms with Crippen LogP contribution in [0.15, 0.2) is 41.0 Å². The Kier molecular flexibility index (Phi) is 4.52. The summed E-state index contributed by atoms with van der Waals surface area (Å²) in [7, 11) is 1.62. The normalized spacial score (nSPS) is 10.1. The number of methoxy groups -OCH3 is 1. The fraction of sp³-hybridized carbons (Fsp3) is 0.154. The Morgan fingerprint density at radius 3 is 2.65 bits per heavy atom. The number of halogens is 1. The van der Waals surface area contributed by atoms with E-state index in [2.05, 4.69) is 26.2 Å². The number of ether oxygens (including phenoxy) is 1. The van der Waals surface area contributed by atoms with Crippen LogP contribution in [-0.4, -0.2) is 17.0 Å². The largest absolute Gasteiger partial charge is 0.497 e. The van der Waals surface area contributed by atoms with Crippen LogP contribution in [0.4, 0.5) is 11.5 Å². The topological polar surface area (TPSA) is 77.3 Å². The first-order valence-corrected chi connectivity index (χ1v) is 6.56. The Morgan fingerprint density at radius 1 is 1.40 bits per heavy atom. The number of aromatic nitrogens is 1. The molecule has 2 rings (SSSR count). The molecule has 1 aromatic heterocycles. The fourth-order valence-electron chi connectivity index (χ4n) is 1.59. The summed E-state index contributed by atoms with van der Waals surface area (Å²) < 4.78 is 5.64. The van der Waals surface area contributed by atoms with Gasteiger partial charge in [0.25, 0.3) is 5.69 Å². The summed E-state index contributed by atoms with van der Waals surface area (Å²) in [4.78, 5) is 14.2. The highest BCUT2D eigenvalue weighted by Crippen LogP contribution is 2.24. The van der Waals surface area contributed by atoms with E-state index in [1.54, 1.807) is 7.11 Å².